The van der Waals surface area contributed by atoms with Crippen LogP contribution < -0.4 is 20.8 Å². The molecule has 0 bridgehead atoms. The van der Waals surface area contributed by atoms with Gasteiger partial charge in [-0.05, 0) is 44.5 Å². The fourth-order valence-corrected chi connectivity index (χ4v) is 2.54. The number of anilines is 1. The van der Waals surface area contributed by atoms with Crippen molar-refractivity contribution in [2.75, 3.05) is 18.9 Å². The monoisotopic (exact) mass is 344 g/mol. The van der Waals surface area contributed by atoms with E-state index < -0.39 is 0 Å². The van der Waals surface area contributed by atoms with Crippen molar-refractivity contribution in [1.82, 2.24) is 4.98 Å². The number of ether oxygens (including phenoxy) is 2. The van der Waals surface area contributed by atoms with E-state index in [4.69, 9.17) is 15.2 Å². The maximum Gasteiger partial charge on any atom is 0.294 e. The number of hydrogen-bond donors (Lipinski definition) is 2. The molecule has 1 heterocycles. The van der Waals surface area contributed by atoms with E-state index in [1.807, 2.05) is 26.0 Å². The van der Waals surface area contributed by atoms with Crippen LogP contribution in [0.2, 0.25) is 0 Å². The SMILES string of the molecule is CCCCCCOc1c(OCC=C(C)C)c2ccc(N)cc2[nH]c1=O. The number of hydrogen-bond acceptors (Lipinski definition) is 4. The summed E-state index contributed by atoms with van der Waals surface area (Å²) in [6, 6.07) is 5.37. The first-order valence-electron chi connectivity index (χ1n) is 8.87. The lowest BCUT2D eigenvalue weighted by Crippen LogP contribution is -2.15. The molecule has 0 saturated carbocycles. The molecule has 0 aliphatic carbocycles. The number of aromatic amines is 1. The van der Waals surface area contributed by atoms with Crippen LogP contribution in [0.25, 0.3) is 10.9 Å². The summed E-state index contributed by atoms with van der Waals surface area (Å²) in [7, 11) is 0. The van der Waals surface area contributed by atoms with Gasteiger partial charge in [0.25, 0.3) is 5.56 Å². The lowest BCUT2D eigenvalue weighted by Gasteiger charge is -2.14. The van der Waals surface area contributed by atoms with Crippen LogP contribution in [0.1, 0.15) is 46.5 Å². The Kier molecular flexibility index (Phi) is 6.92. The molecule has 2 aromatic rings. The third-order valence-electron chi connectivity index (χ3n) is 3.91. The second-order valence-corrected chi connectivity index (χ2v) is 6.42. The van der Waals surface area contributed by atoms with Gasteiger partial charge in [0.2, 0.25) is 5.75 Å². The van der Waals surface area contributed by atoms with Gasteiger partial charge in [-0.2, -0.15) is 0 Å². The maximum absolute atomic E-state index is 12.5. The molecule has 0 aliphatic heterocycles. The molecule has 3 N–H and O–H groups in total. The summed E-state index contributed by atoms with van der Waals surface area (Å²) in [5.74, 6) is 0.725. The Bertz CT molecular complexity index is 789. The average Bonchev–Trinajstić information content (AvgIpc) is 2.55. The smallest absolute Gasteiger partial charge is 0.294 e. The van der Waals surface area contributed by atoms with Crippen LogP contribution in [-0.2, 0) is 0 Å². The first-order valence-corrected chi connectivity index (χ1v) is 8.87. The van der Waals surface area contributed by atoms with Crippen molar-refractivity contribution >= 4 is 16.6 Å². The molecule has 0 amide bonds. The van der Waals surface area contributed by atoms with Crippen LogP contribution in [-0.4, -0.2) is 18.2 Å². The van der Waals surface area contributed by atoms with Gasteiger partial charge in [-0.3, -0.25) is 4.79 Å². The molecule has 1 aromatic heterocycles. The Hall–Kier alpha value is -2.43. The molecule has 0 spiro atoms. The standard InChI is InChI=1S/C20H28N2O3/c1-4-5-6-7-11-24-19-18(25-12-10-14(2)3)16-9-8-15(21)13-17(16)22-20(19)23/h8-10,13H,4-7,11-12,21H2,1-3H3,(H,22,23). The number of nitrogen functional groups attached to an aromatic ring is 1. The number of fused-ring (bicyclic) bond motifs is 1. The quantitative estimate of drug-likeness (QED) is 0.401. The van der Waals surface area contributed by atoms with Gasteiger partial charge in [0.05, 0.1) is 12.1 Å². The fraction of sp³-hybridized carbons (Fsp3) is 0.450. The molecule has 25 heavy (non-hydrogen) atoms. The zero-order valence-corrected chi connectivity index (χ0v) is 15.4. The van der Waals surface area contributed by atoms with Gasteiger partial charge in [-0.1, -0.05) is 31.8 Å². The number of nitrogens with one attached hydrogen (secondary N) is 1. The number of benzene rings is 1. The minimum Gasteiger partial charge on any atom is -0.485 e. The number of H-pyrrole nitrogens is 1. The zero-order chi connectivity index (χ0) is 18.2. The number of unbranched alkanes of at least 4 members (excludes halogenated alkanes) is 3. The first-order chi connectivity index (χ1) is 12.0. The largest absolute Gasteiger partial charge is 0.485 e. The highest BCUT2D eigenvalue weighted by Gasteiger charge is 2.15. The van der Waals surface area contributed by atoms with Crippen molar-refractivity contribution in [3.8, 4) is 11.5 Å². The van der Waals surface area contributed by atoms with Gasteiger partial charge in [0.15, 0.2) is 5.75 Å². The molecule has 2 rings (SSSR count). The topological polar surface area (TPSA) is 77.3 Å². The number of pyridine rings is 1. The van der Waals surface area contributed by atoms with Crippen LogP contribution in [0.5, 0.6) is 11.5 Å². The highest BCUT2D eigenvalue weighted by atomic mass is 16.5. The predicted octanol–water partition coefficient (Wildman–Crippen LogP) is 4.41. The Morgan fingerprint density at radius 2 is 1.96 bits per heavy atom. The third-order valence-corrected chi connectivity index (χ3v) is 3.91. The molecular weight excluding hydrogens is 316 g/mol. The van der Waals surface area contributed by atoms with E-state index in [1.165, 1.54) is 6.42 Å². The molecule has 0 unspecified atom stereocenters. The van der Waals surface area contributed by atoms with Gasteiger partial charge >= 0.3 is 0 Å². The van der Waals surface area contributed by atoms with E-state index in [1.54, 1.807) is 12.1 Å². The lowest BCUT2D eigenvalue weighted by molar-refractivity contribution is 0.274. The van der Waals surface area contributed by atoms with E-state index in [0.717, 1.165) is 30.2 Å². The molecule has 0 aliphatic rings. The fourth-order valence-electron chi connectivity index (χ4n) is 2.54. The second-order valence-electron chi connectivity index (χ2n) is 6.42. The number of rotatable bonds is 9. The van der Waals surface area contributed by atoms with Crippen LogP contribution in [0.4, 0.5) is 5.69 Å². The average molecular weight is 344 g/mol. The van der Waals surface area contributed by atoms with E-state index in [2.05, 4.69) is 11.9 Å². The molecule has 0 fully saturated rings. The molecule has 136 valence electrons. The van der Waals surface area contributed by atoms with Crippen LogP contribution >= 0.6 is 0 Å². The summed E-state index contributed by atoms with van der Waals surface area (Å²) in [4.78, 5) is 15.3. The number of nitrogens with two attached hydrogens (primary N) is 1. The van der Waals surface area contributed by atoms with Crippen molar-refractivity contribution in [3.05, 3.63) is 40.2 Å². The van der Waals surface area contributed by atoms with Crippen molar-refractivity contribution in [2.24, 2.45) is 0 Å². The van der Waals surface area contributed by atoms with Crippen LogP contribution in [0, 0.1) is 0 Å². The summed E-state index contributed by atoms with van der Waals surface area (Å²) in [5, 5.41) is 0.791. The van der Waals surface area contributed by atoms with Gasteiger partial charge in [0, 0.05) is 11.1 Å². The summed E-state index contributed by atoms with van der Waals surface area (Å²) in [5.41, 5.74) is 7.93. The maximum atomic E-state index is 12.5. The molecule has 5 nitrogen and oxygen atoms in total. The lowest BCUT2D eigenvalue weighted by atomic mass is 10.1. The van der Waals surface area contributed by atoms with E-state index in [9.17, 15) is 4.79 Å². The van der Waals surface area contributed by atoms with Crippen molar-refractivity contribution in [1.29, 1.82) is 0 Å². The highest BCUT2D eigenvalue weighted by Crippen LogP contribution is 2.32. The van der Waals surface area contributed by atoms with Crippen molar-refractivity contribution < 1.29 is 9.47 Å². The summed E-state index contributed by atoms with van der Waals surface area (Å²) >= 11 is 0. The van der Waals surface area contributed by atoms with Crippen LogP contribution in [0.3, 0.4) is 0 Å². The molecule has 5 heteroatoms. The van der Waals surface area contributed by atoms with E-state index in [0.29, 0.717) is 30.2 Å². The Morgan fingerprint density at radius 1 is 1.16 bits per heavy atom. The Morgan fingerprint density at radius 3 is 2.68 bits per heavy atom. The Balaban J connectivity index is 2.32. The third kappa shape index (κ3) is 5.28. The van der Waals surface area contributed by atoms with Crippen LogP contribution in [0.15, 0.2) is 34.6 Å². The Labute approximate surface area is 148 Å². The van der Waals surface area contributed by atoms with Gasteiger partial charge in [-0.25, -0.2) is 0 Å². The van der Waals surface area contributed by atoms with E-state index in [-0.39, 0.29) is 11.3 Å². The van der Waals surface area contributed by atoms with Gasteiger partial charge in [0.1, 0.15) is 6.61 Å². The van der Waals surface area contributed by atoms with E-state index >= 15 is 0 Å². The minimum atomic E-state index is -0.291. The zero-order valence-electron chi connectivity index (χ0n) is 15.4. The minimum absolute atomic E-state index is 0.246. The summed E-state index contributed by atoms with van der Waals surface area (Å²) < 4.78 is 11.7. The molecule has 0 atom stereocenters. The second kappa shape index (κ2) is 9.16. The van der Waals surface area contributed by atoms with Gasteiger partial charge in [-0.15, -0.1) is 0 Å². The van der Waals surface area contributed by atoms with Crippen molar-refractivity contribution in [2.45, 2.75) is 46.5 Å². The van der Waals surface area contributed by atoms with Crippen molar-refractivity contribution in [3.63, 3.8) is 0 Å². The molecule has 0 saturated heterocycles. The predicted molar refractivity (Wildman–Crippen MR) is 104 cm³/mol. The number of aromatic nitrogens is 1. The number of allylic oxidation sites excluding steroid dienone is 1. The molecule has 1 aromatic carbocycles. The first kappa shape index (κ1) is 18.9. The summed E-state index contributed by atoms with van der Waals surface area (Å²) in [6.07, 6.45) is 6.30. The van der Waals surface area contributed by atoms with Gasteiger partial charge < -0.3 is 20.2 Å². The highest BCUT2D eigenvalue weighted by molar-refractivity contribution is 5.89. The molecular formula is C20H28N2O3. The normalized spacial score (nSPS) is 10.7. The molecule has 0 radical (unpaired) electrons. The summed E-state index contributed by atoms with van der Waals surface area (Å²) in [6.45, 7) is 7.06.